The number of rotatable bonds is 5. The monoisotopic (exact) mass is 291 g/mol. The first kappa shape index (κ1) is 15.8. The zero-order valence-corrected chi connectivity index (χ0v) is 10.2. The fraction of sp³-hybridized carbons (Fsp3) is 0.333. The molecule has 0 unspecified atom stereocenters. The van der Waals surface area contributed by atoms with E-state index in [-0.39, 0.29) is 12.1 Å². The molecule has 0 atom stereocenters. The minimum Gasteiger partial charge on any atom is -0.481 e. The fourth-order valence-electron chi connectivity index (χ4n) is 1.31. The predicted molar refractivity (Wildman–Crippen MR) is 63.4 cm³/mol. The Hall–Kier alpha value is -2.25. The highest BCUT2D eigenvalue weighted by atomic mass is 19.4. The summed E-state index contributed by atoms with van der Waals surface area (Å²) < 4.78 is 39.4. The summed E-state index contributed by atoms with van der Waals surface area (Å²) >= 11 is 0. The van der Waals surface area contributed by atoms with Crippen molar-refractivity contribution in [2.45, 2.75) is 19.0 Å². The zero-order chi connectivity index (χ0) is 15.2. The number of amides is 1. The van der Waals surface area contributed by atoms with Crippen LogP contribution in [-0.2, 0) is 16.0 Å². The molecule has 0 aliphatic rings. The van der Waals surface area contributed by atoms with Gasteiger partial charge < -0.3 is 9.84 Å². The maximum atomic E-state index is 11.8. The number of aryl methyl sites for hydroxylation is 1. The van der Waals surface area contributed by atoms with Gasteiger partial charge in [0.15, 0.2) is 6.61 Å². The molecule has 0 aliphatic carbocycles. The normalized spacial score (nSPS) is 10.9. The highest BCUT2D eigenvalue weighted by Gasteiger charge is 2.29. The number of nitrogens with one attached hydrogen (secondary N) is 1. The van der Waals surface area contributed by atoms with Gasteiger partial charge in [-0.25, -0.2) is 4.79 Å². The second-order valence-corrected chi connectivity index (χ2v) is 3.91. The lowest BCUT2D eigenvalue weighted by Crippen LogP contribution is -2.23. The van der Waals surface area contributed by atoms with E-state index >= 15 is 0 Å². The van der Waals surface area contributed by atoms with Crippen molar-refractivity contribution in [3.05, 3.63) is 29.8 Å². The number of carboxylic acids is 1. The molecule has 1 rings (SSSR count). The summed E-state index contributed by atoms with van der Waals surface area (Å²) in [7, 11) is 0. The molecule has 1 amide bonds. The van der Waals surface area contributed by atoms with Crippen LogP contribution in [0, 0.1) is 0 Å². The number of aliphatic carboxylic acids is 1. The number of hydrogen-bond acceptors (Lipinski definition) is 3. The van der Waals surface area contributed by atoms with Crippen LogP contribution in [-0.4, -0.2) is 30.0 Å². The third kappa shape index (κ3) is 6.62. The molecule has 0 saturated heterocycles. The van der Waals surface area contributed by atoms with Crippen LogP contribution in [0.25, 0.3) is 0 Å². The smallest absolute Gasteiger partial charge is 0.422 e. The van der Waals surface area contributed by atoms with Crippen LogP contribution in [0.2, 0.25) is 0 Å². The Labute approximate surface area is 112 Å². The number of halogens is 3. The van der Waals surface area contributed by atoms with Gasteiger partial charge in [-0.05, 0) is 24.1 Å². The first-order chi connectivity index (χ1) is 9.26. The van der Waals surface area contributed by atoms with Crippen LogP contribution in [0.5, 0.6) is 0 Å². The molecule has 0 spiro atoms. The Kier molecular flexibility index (Phi) is 5.36. The lowest BCUT2D eigenvalue weighted by molar-refractivity contribution is -0.159. The van der Waals surface area contributed by atoms with Crippen LogP contribution in [0.3, 0.4) is 0 Å². The van der Waals surface area contributed by atoms with E-state index in [0.717, 1.165) is 5.56 Å². The molecule has 0 bridgehead atoms. The SMILES string of the molecule is O=C(O)CCc1ccc(NC(=O)OCC(F)(F)F)cc1. The second kappa shape index (κ2) is 6.78. The van der Waals surface area contributed by atoms with Crippen LogP contribution in [0.15, 0.2) is 24.3 Å². The lowest BCUT2D eigenvalue weighted by Gasteiger charge is -2.09. The molecule has 5 nitrogen and oxygen atoms in total. The second-order valence-electron chi connectivity index (χ2n) is 3.91. The molecule has 0 aromatic heterocycles. The molecule has 0 aliphatic heterocycles. The number of hydrogen-bond donors (Lipinski definition) is 2. The van der Waals surface area contributed by atoms with Crippen molar-refractivity contribution < 1.29 is 32.6 Å². The number of anilines is 1. The van der Waals surface area contributed by atoms with E-state index in [1.165, 1.54) is 12.1 Å². The molecule has 8 heteroatoms. The molecule has 0 saturated carbocycles. The number of alkyl halides is 3. The predicted octanol–water partition coefficient (Wildman–Crippen LogP) is 2.81. The number of ether oxygens (including phenoxy) is 1. The van der Waals surface area contributed by atoms with Gasteiger partial charge >= 0.3 is 18.2 Å². The summed E-state index contributed by atoms with van der Waals surface area (Å²) in [5, 5.41) is 10.6. The summed E-state index contributed by atoms with van der Waals surface area (Å²) in [5.74, 6) is -0.928. The van der Waals surface area contributed by atoms with Crippen LogP contribution in [0.4, 0.5) is 23.7 Å². The van der Waals surface area contributed by atoms with Gasteiger partial charge in [-0.3, -0.25) is 10.1 Å². The Morgan fingerprint density at radius 3 is 2.30 bits per heavy atom. The minimum atomic E-state index is -4.57. The molecule has 20 heavy (non-hydrogen) atoms. The number of carbonyl (C=O) groups is 2. The number of carboxylic acid groups (broad SMARTS) is 1. The van der Waals surface area contributed by atoms with Gasteiger partial charge in [0, 0.05) is 12.1 Å². The van der Waals surface area contributed by atoms with Crippen molar-refractivity contribution in [2.24, 2.45) is 0 Å². The van der Waals surface area contributed by atoms with Gasteiger partial charge in [0.05, 0.1) is 0 Å². The van der Waals surface area contributed by atoms with Gasteiger partial charge in [-0.1, -0.05) is 12.1 Å². The van der Waals surface area contributed by atoms with E-state index in [4.69, 9.17) is 5.11 Å². The maximum absolute atomic E-state index is 11.8. The van der Waals surface area contributed by atoms with E-state index < -0.39 is 24.8 Å². The van der Waals surface area contributed by atoms with E-state index in [2.05, 4.69) is 10.1 Å². The Morgan fingerprint density at radius 2 is 1.80 bits per heavy atom. The average molecular weight is 291 g/mol. The number of carbonyl (C=O) groups excluding carboxylic acids is 1. The van der Waals surface area contributed by atoms with Crippen LogP contribution in [0.1, 0.15) is 12.0 Å². The molecule has 1 aromatic carbocycles. The fourth-order valence-corrected chi connectivity index (χ4v) is 1.31. The summed E-state index contributed by atoms with van der Waals surface area (Å²) in [6, 6.07) is 6.04. The van der Waals surface area contributed by atoms with E-state index in [1.807, 2.05) is 0 Å². The first-order valence-corrected chi connectivity index (χ1v) is 5.57. The molecule has 0 heterocycles. The highest BCUT2D eigenvalue weighted by molar-refractivity contribution is 5.84. The molecule has 0 radical (unpaired) electrons. The summed E-state index contributed by atoms with van der Waals surface area (Å²) in [5.41, 5.74) is 0.998. The van der Waals surface area contributed by atoms with Crippen molar-refractivity contribution in [1.29, 1.82) is 0 Å². The molecule has 0 fully saturated rings. The van der Waals surface area contributed by atoms with Gasteiger partial charge in [0.1, 0.15) is 0 Å². The molecular formula is C12H12F3NO4. The third-order valence-electron chi connectivity index (χ3n) is 2.19. The summed E-state index contributed by atoms with van der Waals surface area (Å²) in [6.07, 6.45) is -5.48. The van der Waals surface area contributed by atoms with Gasteiger partial charge in [0.2, 0.25) is 0 Å². The standard InChI is InChI=1S/C12H12F3NO4/c13-12(14,15)7-20-11(19)16-9-4-1-8(2-5-9)3-6-10(17)18/h1-2,4-5H,3,6-7H2,(H,16,19)(H,17,18). The zero-order valence-electron chi connectivity index (χ0n) is 10.2. The average Bonchev–Trinajstić information content (AvgIpc) is 2.35. The minimum absolute atomic E-state index is 0.0274. The van der Waals surface area contributed by atoms with E-state index in [1.54, 1.807) is 12.1 Å². The van der Waals surface area contributed by atoms with Crippen LogP contribution >= 0.6 is 0 Å². The lowest BCUT2D eigenvalue weighted by atomic mass is 10.1. The Morgan fingerprint density at radius 1 is 1.20 bits per heavy atom. The molecule has 110 valence electrons. The first-order valence-electron chi connectivity index (χ1n) is 5.57. The molecular weight excluding hydrogens is 279 g/mol. The summed E-state index contributed by atoms with van der Waals surface area (Å²) in [4.78, 5) is 21.4. The van der Waals surface area contributed by atoms with E-state index in [0.29, 0.717) is 6.42 Å². The summed E-state index contributed by atoms with van der Waals surface area (Å²) in [6.45, 7) is -1.66. The van der Waals surface area contributed by atoms with Gasteiger partial charge in [-0.2, -0.15) is 13.2 Å². The Bertz CT molecular complexity index is 471. The quantitative estimate of drug-likeness (QED) is 0.874. The van der Waals surface area contributed by atoms with Gasteiger partial charge in [0.25, 0.3) is 0 Å². The maximum Gasteiger partial charge on any atom is 0.422 e. The topological polar surface area (TPSA) is 75.6 Å². The van der Waals surface area contributed by atoms with Crippen molar-refractivity contribution >= 4 is 17.7 Å². The largest absolute Gasteiger partial charge is 0.481 e. The van der Waals surface area contributed by atoms with Crippen LogP contribution < -0.4 is 5.32 Å². The molecule has 1 aromatic rings. The van der Waals surface area contributed by atoms with Crippen molar-refractivity contribution in [3.8, 4) is 0 Å². The third-order valence-corrected chi connectivity index (χ3v) is 2.19. The van der Waals surface area contributed by atoms with Crippen molar-refractivity contribution in [1.82, 2.24) is 0 Å². The van der Waals surface area contributed by atoms with Crippen molar-refractivity contribution in [2.75, 3.05) is 11.9 Å². The van der Waals surface area contributed by atoms with Gasteiger partial charge in [-0.15, -0.1) is 0 Å². The van der Waals surface area contributed by atoms with Crippen molar-refractivity contribution in [3.63, 3.8) is 0 Å². The van der Waals surface area contributed by atoms with E-state index in [9.17, 15) is 22.8 Å². The Balaban J connectivity index is 2.44. The highest BCUT2D eigenvalue weighted by Crippen LogP contribution is 2.15. The molecule has 2 N–H and O–H groups in total. The number of benzene rings is 1.